The fraction of sp³-hybridized carbons (Fsp3) is 0.333. The lowest BCUT2D eigenvalue weighted by Gasteiger charge is -2.15. The molecule has 1 aliphatic carbocycles. The molecular weight excluding hydrogens is 308 g/mol. The quantitative estimate of drug-likeness (QED) is 0.750. The molecule has 1 atom stereocenters. The Bertz CT molecular complexity index is 894. The number of nitrogens with zero attached hydrogens (tertiary/aromatic N) is 1. The van der Waals surface area contributed by atoms with E-state index in [-0.39, 0.29) is 5.91 Å². The van der Waals surface area contributed by atoms with Crippen LogP contribution < -0.4 is 5.32 Å². The summed E-state index contributed by atoms with van der Waals surface area (Å²) in [6.07, 6.45) is 3.24. The van der Waals surface area contributed by atoms with Crippen LogP contribution in [-0.4, -0.2) is 10.9 Å². The number of thiazole rings is 1. The van der Waals surface area contributed by atoms with Gasteiger partial charge in [-0.05, 0) is 38.2 Å². The van der Waals surface area contributed by atoms with Crippen LogP contribution in [0.4, 0.5) is 5.13 Å². The maximum absolute atomic E-state index is 12.5. The van der Waals surface area contributed by atoms with Crippen molar-refractivity contribution >= 4 is 33.3 Å². The van der Waals surface area contributed by atoms with Crippen molar-refractivity contribution in [3.8, 4) is 0 Å². The number of hydrogen-bond acceptors (Lipinski definition) is 4. The lowest BCUT2D eigenvalue weighted by molar-refractivity contribution is 0.0998. The second-order valence-electron chi connectivity index (χ2n) is 6.24. The molecule has 118 valence electrons. The predicted molar refractivity (Wildman–Crippen MR) is 92.2 cm³/mol. The molecule has 4 rings (SSSR count). The van der Waals surface area contributed by atoms with Crippen molar-refractivity contribution in [2.45, 2.75) is 33.1 Å². The molecule has 0 aliphatic heterocycles. The van der Waals surface area contributed by atoms with Crippen LogP contribution in [0.2, 0.25) is 0 Å². The van der Waals surface area contributed by atoms with Crippen molar-refractivity contribution in [3.63, 3.8) is 0 Å². The first kappa shape index (κ1) is 14.5. The highest BCUT2D eigenvalue weighted by atomic mass is 32.1. The predicted octanol–water partition coefficient (Wildman–Crippen LogP) is 4.57. The summed E-state index contributed by atoms with van der Waals surface area (Å²) in [5.74, 6) is 0.842. The number of amides is 1. The van der Waals surface area contributed by atoms with Gasteiger partial charge in [-0.25, -0.2) is 4.98 Å². The molecule has 23 heavy (non-hydrogen) atoms. The van der Waals surface area contributed by atoms with Gasteiger partial charge in [0, 0.05) is 15.8 Å². The monoisotopic (exact) mass is 326 g/mol. The number of carbonyl (C=O) groups is 1. The summed E-state index contributed by atoms with van der Waals surface area (Å²) in [5, 5.41) is 4.56. The van der Waals surface area contributed by atoms with Gasteiger partial charge in [0.2, 0.25) is 0 Å². The van der Waals surface area contributed by atoms with Gasteiger partial charge in [-0.3, -0.25) is 10.1 Å². The highest BCUT2D eigenvalue weighted by Crippen LogP contribution is 2.33. The topological polar surface area (TPSA) is 55.1 Å². The van der Waals surface area contributed by atoms with E-state index in [0.29, 0.717) is 16.8 Å². The third kappa shape index (κ3) is 2.55. The molecule has 0 fully saturated rings. The number of para-hydroxylation sites is 1. The molecular formula is C18H18N2O2S. The van der Waals surface area contributed by atoms with Gasteiger partial charge in [0.25, 0.3) is 5.91 Å². The zero-order valence-corrected chi connectivity index (χ0v) is 14.0. The Morgan fingerprint density at radius 1 is 1.39 bits per heavy atom. The van der Waals surface area contributed by atoms with Crippen LogP contribution in [0.25, 0.3) is 11.0 Å². The molecule has 4 nitrogen and oxygen atoms in total. The summed E-state index contributed by atoms with van der Waals surface area (Å²) < 4.78 is 5.72. The molecule has 3 aromatic rings. The van der Waals surface area contributed by atoms with Crippen molar-refractivity contribution in [1.29, 1.82) is 0 Å². The summed E-state index contributed by atoms with van der Waals surface area (Å²) >= 11 is 1.59. The van der Waals surface area contributed by atoms with Gasteiger partial charge < -0.3 is 4.42 Å². The summed E-state index contributed by atoms with van der Waals surface area (Å²) in [6, 6.07) is 7.70. The normalized spacial score (nSPS) is 17.2. The third-order valence-electron chi connectivity index (χ3n) is 4.46. The number of nitrogens with one attached hydrogen (secondary N) is 1. The molecule has 1 amide bonds. The largest absolute Gasteiger partial charge is 0.451 e. The van der Waals surface area contributed by atoms with E-state index in [4.69, 9.17) is 4.42 Å². The Balaban J connectivity index is 1.61. The molecule has 1 N–H and O–H groups in total. The van der Waals surface area contributed by atoms with Crippen LogP contribution in [-0.2, 0) is 12.8 Å². The minimum Gasteiger partial charge on any atom is -0.451 e. The SMILES string of the molecule is Cc1c(C(=O)Nc2nc3c(s2)C[C@H](C)CC3)oc2ccccc12. The number of furan rings is 1. The highest BCUT2D eigenvalue weighted by molar-refractivity contribution is 7.15. The van der Waals surface area contributed by atoms with Crippen LogP contribution in [0.15, 0.2) is 28.7 Å². The van der Waals surface area contributed by atoms with E-state index in [2.05, 4.69) is 17.2 Å². The maximum atomic E-state index is 12.5. The summed E-state index contributed by atoms with van der Waals surface area (Å²) in [7, 11) is 0. The second-order valence-corrected chi connectivity index (χ2v) is 7.33. The average molecular weight is 326 g/mol. The Labute approximate surface area is 138 Å². The first-order valence-electron chi connectivity index (χ1n) is 7.90. The van der Waals surface area contributed by atoms with E-state index < -0.39 is 0 Å². The van der Waals surface area contributed by atoms with Gasteiger partial charge in [0.1, 0.15) is 5.58 Å². The van der Waals surface area contributed by atoms with E-state index >= 15 is 0 Å². The molecule has 1 aromatic carbocycles. The van der Waals surface area contributed by atoms with Crippen molar-refractivity contribution in [1.82, 2.24) is 4.98 Å². The van der Waals surface area contributed by atoms with E-state index in [1.54, 1.807) is 11.3 Å². The number of aromatic nitrogens is 1. The number of anilines is 1. The summed E-state index contributed by atoms with van der Waals surface area (Å²) in [6.45, 7) is 4.17. The lowest BCUT2D eigenvalue weighted by atomic mass is 9.93. The van der Waals surface area contributed by atoms with Crippen molar-refractivity contribution in [3.05, 3.63) is 46.2 Å². The number of fused-ring (bicyclic) bond motifs is 2. The molecule has 0 saturated carbocycles. The molecule has 0 bridgehead atoms. The van der Waals surface area contributed by atoms with Crippen molar-refractivity contribution < 1.29 is 9.21 Å². The van der Waals surface area contributed by atoms with Gasteiger partial charge in [-0.2, -0.15) is 0 Å². The smallest absolute Gasteiger partial charge is 0.293 e. The van der Waals surface area contributed by atoms with Crippen LogP contribution >= 0.6 is 11.3 Å². The molecule has 2 aromatic heterocycles. The number of aryl methyl sites for hydroxylation is 2. The van der Waals surface area contributed by atoms with E-state index in [1.165, 1.54) is 11.3 Å². The molecule has 0 spiro atoms. The van der Waals surface area contributed by atoms with Crippen LogP contribution in [0, 0.1) is 12.8 Å². The van der Waals surface area contributed by atoms with Gasteiger partial charge in [-0.15, -0.1) is 11.3 Å². The minimum absolute atomic E-state index is 0.224. The number of hydrogen-bond donors (Lipinski definition) is 1. The van der Waals surface area contributed by atoms with Crippen molar-refractivity contribution in [2.75, 3.05) is 5.32 Å². The Kier molecular flexibility index (Phi) is 3.45. The standard InChI is InChI=1S/C18H18N2O2S/c1-10-7-8-13-15(9-10)23-18(19-13)20-17(21)16-11(2)12-5-3-4-6-14(12)22-16/h3-6,10H,7-9H2,1-2H3,(H,19,20,21)/t10-/m1/s1. The Morgan fingerprint density at radius 2 is 2.22 bits per heavy atom. The Hall–Kier alpha value is -2.14. The highest BCUT2D eigenvalue weighted by Gasteiger charge is 2.22. The van der Waals surface area contributed by atoms with Gasteiger partial charge in [0.15, 0.2) is 10.9 Å². The zero-order chi connectivity index (χ0) is 16.0. The summed E-state index contributed by atoms with van der Waals surface area (Å²) in [4.78, 5) is 18.4. The molecule has 0 unspecified atom stereocenters. The first-order chi connectivity index (χ1) is 11.1. The molecule has 0 saturated heterocycles. The van der Waals surface area contributed by atoms with Gasteiger partial charge in [-0.1, -0.05) is 25.1 Å². The van der Waals surface area contributed by atoms with Gasteiger partial charge >= 0.3 is 0 Å². The molecule has 1 aliphatic rings. The van der Waals surface area contributed by atoms with E-state index in [1.807, 2.05) is 31.2 Å². The third-order valence-corrected chi connectivity index (χ3v) is 5.49. The van der Waals surface area contributed by atoms with Crippen LogP contribution in [0.5, 0.6) is 0 Å². The number of carbonyl (C=O) groups excluding carboxylic acids is 1. The molecule has 2 heterocycles. The van der Waals surface area contributed by atoms with E-state index in [0.717, 1.165) is 35.1 Å². The fourth-order valence-corrected chi connectivity index (χ4v) is 4.30. The van der Waals surface area contributed by atoms with Crippen LogP contribution in [0.3, 0.4) is 0 Å². The molecule has 0 radical (unpaired) electrons. The number of benzene rings is 1. The second kappa shape index (κ2) is 5.49. The lowest BCUT2D eigenvalue weighted by Crippen LogP contribution is -2.12. The maximum Gasteiger partial charge on any atom is 0.293 e. The Morgan fingerprint density at radius 3 is 3.04 bits per heavy atom. The average Bonchev–Trinajstić information content (AvgIpc) is 3.08. The first-order valence-corrected chi connectivity index (χ1v) is 8.71. The number of rotatable bonds is 2. The zero-order valence-electron chi connectivity index (χ0n) is 13.2. The van der Waals surface area contributed by atoms with Crippen molar-refractivity contribution in [2.24, 2.45) is 5.92 Å². The fourth-order valence-electron chi connectivity index (χ4n) is 3.14. The van der Waals surface area contributed by atoms with Gasteiger partial charge in [0.05, 0.1) is 5.69 Å². The molecule has 5 heteroatoms. The summed E-state index contributed by atoms with van der Waals surface area (Å²) in [5.41, 5.74) is 2.75. The van der Waals surface area contributed by atoms with E-state index in [9.17, 15) is 4.79 Å². The minimum atomic E-state index is -0.224. The van der Waals surface area contributed by atoms with Crippen LogP contribution in [0.1, 0.15) is 40.0 Å².